The number of fused-ring (bicyclic) bond motifs is 1. The average molecular weight is 452 g/mol. The van der Waals surface area contributed by atoms with Crippen molar-refractivity contribution in [2.75, 3.05) is 11.9 Å². The number of thioether (sulfide) groups is 1. The van der Waals surface area contributed by atoms with E-state index in [0.29, 0.717) is 22.7 Å². The summed E-state index contributed by atoms with van der Waals surface area (Å²) in [5.41, 5.74) is 3.34. The van der Waals surface area contributed by atoms with Gasteiger partial charge in [0.25, 0.3) is 5.91 Å². The summed E-state index contributed by atoms with van der Waals surface area (Å²) in [5, 5.41) is 3.58. The molecule has 0 atom stereocenters. The van der Waals surface area contributed by atoms with Crippen LogP contribution in [-0.2, 0) is 23.3 Å². The lowest BCUT2D eigenvalue weighted by Gasteiger charge is -2.12. The summed E-state index contributed by atoms with van der Waals surface area (Å²) < 4.78 is 5.27. The lowest BCUT2D eigenvalue weighted by molar-refractivity contribution is 0.0526. The fourth-order valence-corrected chi connectivity index (χ4v) is 5.83. The molecule has 0 saturated carbocycles. The summed E-state index contributed by atoms with van der Waals surface area (Å²) in [6.07, 6.45) is 4.00. The zero-order valence-corrected chi connectivity index (χ0v) is 19.1. The van der Waals surface area contributed by atoms with E-state index in [2.05, 4.69) is 17.4 Å². The first-order chi connectivity index (χ1) is 15.2. The molecule has 0 bridgehead atoms. The smallest absolute Gasteiger partial charge is 0.341 e. The SMILES string of the molecule is CCOC(=O)c1c(NC(=O)c2ccc(CSc3ccccc3)cc2)sc2c1CCCC2. The molecule has 1 aliphatic carbocycles. The number of esters is 1. The molecule has 0 aliphatic heterocycles. The number of rotatable bonds is 7. The lowest BCUT2D eigenvalue weighted by atomic mass is 9.95. The number of carbonyl (C=O) groups is 2. The molecule has 6 heteroatoms. The number of thiophene rings is 1. The van der Waals surface area contributed by atoms with E-state index >= 15 is 0 Å². The van der Waals surface area contributed by atoms with Crippen molar-refractivity contribution in [3.05, 3.63) is 81.7 Å². The Balaban J connectivity index is 1.47. The Morgan fingerprint density at radius 1 is 1.03 bits per heavy atom. The van der Waals surface area contributed by atoms with Crippen molar-refractivity contribution >= 4 is 40.0 Å². The largest absolute Gasteiger partial charge is 0.462 e. The number of amides is 1. The van der Waals surface area contributed by atoms with Gasteiger partial charge in [-0.1, -0.05) is 30.3 Å². The summed E-state index contributed by atoms with van der Waals surface area (Å²) in [6, 6.07) is 17.9. The third-order valence-electron chi connectivity index (χ3n) is 5.24. The fraction of sp³-hybridized carbons (Fsp3) is 0.280. The molecule has 1 aliphatic rings. The van der Waals surface area contributed by atoms with E-state index in [-0.39, 0.29) is 11.9 Å². The van der Waals surface area contributed by atoms with Crippen molar-refractivity contribution in [2.24, 2.45) is 0 Å². The second kappa shape index (κ2) is 10.2. The van der Waals surface area contributed by atoms with Gasteiger partial charge in [0.05, 0.1) is 12.2 Å². The lowest BCUT2D eigenvalue weighted by Crippen LogP contribution is -2.15. The number of nitrogens with one attached hydrogen (secondary N) is 1. The normalized spacial score (nSPS) is 12.8. The highest BCUT2D eigenvalue weighted by atomic mass is 32.2. The van der Waals surface area contributed by atoms with Crippen LogP contribution in [0.1, 0.15) is 56.5 Å². The second-order valence-electron chi connectivity index (χ2n) is 7.39. The molecule has 0 saturated heterocycles. The minimum atomic E-state index is -0.342. The van der Waals surface area contributed by atoms with Crippen LogP contribution in [0.25, 0.3) is 0 Å². The summed E-state index contributed by atoms with van der Waals surface area (Å²) in [6.45, 7) is 2.12. The Hall–Kier alpha value is -2.57. The molecular formula is C25H25NO3S2. The van der Waals surface area contributed by atoms with Gasteiger partial charge in [0.2, 0.25) is 0 Å². The van der Waals surface area contributed by atoms with E-state index in [0.717, 1.165) is 42.6 Å². The molecule has 1 amide bonds. The van der Waals surface area contributed by atoms with Crippen molar-refractivity contribution in [3.63, 3.8) is 0 Å². The molecule has 4 nitrogen and oxygen atoms in total. The highest BCUT2D eigenvalue weighted by Gasteiger charge is 2.27. The maximum Gasteiger partial charge on any atom is 0.341 e. The zero-order valence-electron chi connectivity index (χ0n) is 17.5. The number of hydrogen-bond acceptors (Lipinski definition) is 5. The Bertz CT molecular complexity index is 1060. The Kier molecular flexibility index (Phi) is 7.10. The highest BCUT2D eigenvalue weighted by Crippen LogP contribution is 2.38. The van der Waals surface area contributed by atoms with Crippen LogP contribution in [-0.4, -0.2) is 18.5 Å². The molecule has 0 unspecified atom stereocenters. The first-order valence-electron chi connectivity index (χ1n) is 10.6. The van der Waals surface area contributed by atoms with Gasteiger partial charge in [0, 0.05) is 21.1 Å². The van der Waals surface area contributed by atoms with Gasteiger partial charge in [0.15, 0.2) is 0 Å². The number of anilines is 1. The molecule has 3 aromatic rings. The molecule has 1 heterocycles. The minimum Gasteiger partial charge on any atom is -0.462 e. The molecular weight excluding hydrogens is 426 g/mol. The monoisotopic (exact) mass is 451 g/mol. The summed E-state index contributed by atoms with van der Waals surface area (Å²) in [4.78, 5) is 27.9. The van der Waals surface area contributed by atoms with Crippen LogP contribution in [0.4, 0.5) is 5.00 Å². The van der Waals surface area contributed by atoms with E-state index < -0.39 is 0 Å². The quantitative estimate of drug-likeness (QED) is 0.336. The standard InChI is InChI=1S/C25H25NO3S2/c1-2-29-25(28)22-20-10-6-7-11-21(20)31-24(22)26-23(27)18-14-12-17(13-15-18)16-30-19-8-4-3-5-9-19/h3-5,8-9,12-15H,2,6-7,10-11,16H2,1H3,(H,26,27). The molecule has 4 rings (SSSR count). The number of ether oxygens (including phenoxy) is 1. The molecule has 0 radical (unpaired) electrons. The van der Waals surface area contributed by atoms with Gasteiger partial charge in [-0.25, -0.2) is 4.79 Å². The second-order valence-corrected chi connectivity index (χ2v) is 9.54. The number of carbonyl (C=O) groups excluding carboxylic acids is 2. The Morgan fingerprint density at radius 3 is 2.52 bits per heavy atom. The molecule has 0 spiro atoms. The van der Waals surface area contributed by atoms with Gasteiger partial charge in [-0.15, -0.1) is 23.1 Å². The van der Waals surface area contributed by atoms with Gasteiger partial charge < -0.3 is 10.1 Å². The molecule has 31 heavy (non-hydrogen) atoms. The van der Waals surface area contributed by atoms with Crippen LogP contribution in [0.3, 0.4) is 0 Å². The number of aryl methyl sites for hydroxylation is 1. The average Bonchev–Trinajstić information content (AvgIpc) is 3.16. The van der Waals surface area contributed by atoms with Crippen molar-refractivity contribution in [1.29, 1.82) is 0 Å². The topological polar surface area (TPSA) is 55.4 Å². The van der Waals surface area contributed by atoms with E-state index in [9.17, 15) is 9.59 Å². The van der Waals surface area contributed by atoms with Gasteiger partial charge in [-0.2, -0.15) is 0 Å². The molecule has 160 valence electrons. The van der Waals surface area contributed by atoms with Crippen molar-refractivity contribution in [3.8, 4) is 0 Å². The van der Waals surface area contributed by atoms with Crippen molar-refractivity contribution in [1.82, 2.24) is 0 Å². The van der Waals surface area contributed by atoms with Crippen LogP contribution in [0.15, 0.2) is 59.5 Å². The molecule has 1 N–H and O–H groups in total. The van der Waals surface area contributed by atoms with Crippen LogP contribution < -0.4 is 5.32 Å². The van der Waals surface area contributed by atoms with E-state index in [4.69, 9.17) is 4.74 Å². The zero-order chi connectivity index (χ0) is 21.6. The number of benzene rings is 2. The summed E-state index contributed by atoms with van der Waals surface area (Å²) in [5.74, 6) is 0.299. The van der Waals surface area contributed by atoms with E-state index in [1.807, 2.05) is 42.5 Å². The predicted octanol–water partition coefficient (Wildman–Crippen LogP) is 6.35. The maximum atomic E-state index is 12.9. The van der Waals surface area contributed by atoms with Crippen LogP contribution in [0.5, 0.6) is 0 Å². The molecule has 1 aromatic heterocycles. The third-order valence-corrected chi connectivity index (χ3v) is 7.53. The summed E-state index contributed by atoms with van der Waals surface area (Å²) >= 11 is 3.28. The summed E-state index contributed by atoms with van der Waals surface area (Å²) in [7, 11) is 0. The first-order valence-corrected chi connectivity index (χ1v) is 12.4. The predicted molar refractivity (Wildman–Crippen MR) is 127 cm³/mol. The third kappa shape index (κ3) is 5.20. The minimum absolute atomic E-state index is 0.202. The van der Waals surface area contributed by atoms with Crippen molar-refractivity contribution in [2.45, 2.75) is 43.3 Å². The van der Waals surface area contributed by atoms with Gasteiger partial charge >= 0.3 is 5.97 Å². The Labute approximate surface area is 191 Å². The van der Waals surface area contributed by atoms with E-state index in [1.165, 1.54) is 21.1 Å². The van der Waals surface area contributed by atoms with Gasteiger partial charge in [-0.05, 0) is 68.0 Å². The van der Waals surface area contributed by atoms with Crippen molar-refractivity contribution < 1.29 is 14.3 Å². The molecule has 2 aromatic carbocycles. The maximum absolute atomic E-state index is 12.9. The van der Waals surface area contributed by atoms with Crippen LogP contribution in [0.2, 0.25) is 0 Å². The highest BCUT2D eigenvalue weighted by molar-refractivity contribution is 7.98. The Morgan fingerprint density at radius 2 is 1.77 bits per heavy atom. The fourth-order valence-electron chi connectivity index (χ4n) is 3.68. The van der Waals surface area contributed by atoms with Gasteiger partial charge in [0.1, 0.15) is 5.00 Å². The van der Waals surface area contributed by atoms with E-state index in [1.54, 1.807) is 18.7 Å². The molecule has 0 fully saturated rings. The van der Waals surface area contributed by atoms with Crippen LogP contribution >= 0.6 is 23.1 Å². The number of hydrogen-bond donors (Lipinski definition) is 1. The van der Waals surface area contributed by atoms with Gasteiger partial charge in [-0.3, -0.25) is 4.79 Å². The first kappa shape index (κ1) is 21.7. The van der Waals surface area contributed by atoms with Crippen LogP contribution in [0, 0.1) is 0 Å².